The summed E-state index contributed by atoms with van der Waals surface area (Å²) in [5.41, 5.74) is 3.02. The smallest absolute Gasteiger partial charge is 0.360 e. The lowest BCUT2D eigenvalue weighted by molar-refractivity contribution is 0.0521. The molecule has 0 amide bonds. The maximum Gasteiger partial charge on any atom is 0.360 e. The molecular weight excluding hydrogens is 294 g/mol. The van der Waals surface area contributed by atoms with E-state index in [9.17, 15) is 4.79 Å². The van der Waals surface area contributed by atoms with Crippen LogP contribution in [0.4, 0.5) is 5.00 Å². The third-order valence-electron chi connectivity index (χ3n) is 2.72. The van der Waals surface area contributed by atoms with Gasteiger partial charge in [-0.05, 0) is 27.7 Å². The monoisotopic (exact) mass is 311 g/mol. The first-order valence-electron chi connectivity index (χ1n) is 6.34. The summed E-state index contributed by atoms with van der Waals surface area (Å²) in [6, 6.07) is 0.0785. The molecule has 1 unspecified atom stereocenters. The number of hydrogen-bond acceptors (Lipinski definition) is 7. The minimum absolute atomic E-state index is 0.0785. The predicted molar refractivity (Wildman–Crippen MR) is 81.7 cm³/mol. The number of nitrogens with one attached hydrogen (secondary N) is 1. The molecule has 1 N–H and O–H groups in total. The standard InChI is InChI=1S/C13H17N3O2S2/c1-5-18-13(17)10-12(19-6-14-10)16-8(3)11-7(2)15-9(4)20-11/h6,8,16H,5H2,1-4H3. The van der Waals surface area contributed by atoms with E-state index in [1.54, 1.807) is 23.8 Å². The average Bonchev–Trinajstić information content (AvgIpc) is 2.96. The number of rotatable bonds is 5. The van der Waals surface area contributed by atoms with Crippen molar-refractivity contribution in [1.82, 2.24) is 9.97 Å². The minimum atomic E-state index is -0.388. The zero-order valence-corrected chi connectivity index (χ0v) is 13.5. The van der Waals surface area contributed by atoms with E-state index in [1.165, 1.54) is 16.2 Å². The van der Waals surface area contributed by atoms with Gasteiger partial charge in [0.2, 0.25) is 0 Å². The largest absolute Gasteiger partial charge is 0.461 e. The van der Waals surface area contributed by atoms with E-state index in [-0.39, 0.29) is 12.0 Å². The van der Waals surface area contributed by atoms with E-state index in [1.807, 2.05) is 13.8 Å². The molecule has 5 nitrogen and oxygen atoms in total. The van der Waals surface area contributed by atoms with Crippen molar-refractivity contribution < 1.29 is 9.53 Å². The molecule has 0 radical (unpaired) electrons. The zero-order chi connectivity index (χ0) is 14.7. The van der Waals surface area contributed by atoms with Gasteiger partial charge in [-0.15, -0.1) is 22.7 Å². The van der Waals surface area contributed by atoms with Crippen LogP contribution in [0.25, 0.3) is 0 Å². The quantitative estimate of drug-likeness (QED) is 0.855. The summed E-state index contributed by atoms with van der Waals surface area (Å²) in [5, 5.41) is 5.11. The summed E-state index contributed by atoms with van der Waals surface area (Å²) in [4.78, 5) is 21.5. The van der Waals surface area contributed by atoms with Crippen LogP contribution in [0.5, 0.6) is 0 Å². The highest BCUT2D eigenvalue weighted by atomic mass is 32.1. The molecule has 0 bridgehead atoms. The van der Waals surface area contributed by atoms with Gasteiger partial charge in [-0.3, -0.25) is 0 Å². The Hall–Kier alpha value is -1.47. The molecule has 2 aromatic heterocycles. The summed E-state index contributed by atoms with van der Waals surface area (Å²) in [6.07, 6.45) is 0. The number of carbonyl (C=O) groups is 1. The molecule has 0 aliphatic carbocycles. The second-order valence-corrected chi connectivity index (χ2v) is 6.39. The number of hydrogen-bond donors (Lipinski definition) is 1. The molecule has 0 aliphatic rings. The number of aryl methyl sites for hydroxylation is 2. The van der Waals surface area contributed by atoms with Gasteiger partial charge in [0.05, 0.1) is 28.9 Å². The van der Waals surface area contributed by atoms with Gasteiger partial charge in [-0.1, -0.05) is 0 Å². The number of carbonyl (C=O) groups excluding carboxylic acids is 1. The lowest BCUT2D eigenvalue weighted by Gasteiger charge is -2.13. The van der Waals surface area contributed by atoms with Gasteiger partial charge < -0.3 is 10.1 Å². The van der Waals surface area contributed by atoms with Gasteiger partial charge in [-0.2, -0.15) is 0 Å². The molecule has 2 heterocycles. The van der Waals surface area contributed by atoms with E-state index in [2.05, 4.69) is 22.2 Å². The van der Waals surface area contributed by atoms with Crippen LogP contribution in [0.1, 0.15) is 46.0 Å². The Balaban J connectivity index is 2.16. The molecule has 0 aromatic carbocycles. The van der Waals surface area contributed by atoms with Gasteiger partial charge in [-0.25, -0.2) is 14.8 Å². The molecule has 0 fully saturated rings. The molecule has 7 heteroatoms. The normalized spacial score (nSPS) is 12.2. The summed E-state index contributed by atoms with van der Waals surface area (Å²) in [6.45, 7) is 8.16. The molecule has 0 aliphatic heterocycles. The Labute approximate surface area is 126 Å². The third-order valence-corrected chi connectivity index (χ3v) is 4.73. The number of anilines is 1. The number of nitrogens with zero attached hydrogens (tertiary/aromatic N) is 2. The van der Waals surface area contributed by atoms with E-state index >= 15 is 0 Å². The van der Waals surface area contributed by atoms with Gasteiger partial charge in [0.25, 0.3) is 0 Å². The Kier molecular flexibility index (Phi) is 4.72. The molecule has 1 atom stereocenters. The lowest BCUT2D eigenvalue weighted by Crippen LogP contribution is -2.11. The van der Waals surface area contributed by atoms with Crippen LogP contribution in [0.2, 0.25) is 0 Å². The molecule has 20 heavy (non-hydrogen) atoms. The number of thiazole rings is 2. The van der Waals surface area contributed by atoms with Crippen molar-refractivity contribution in [3.63, 3.8) is 0 Å². The van der Waals surface area contributed by atoms with E-state index in [0.717, 1.165) is 15.7 Å². The van der Waals surface area contributed by atoms with Gasteiger partial charge >= 0.3 is 5.97 Å². The zero-order valence-electron chi connectivity index (χ0n) is 11.9. The Bertz CT molecular complexity index is 607. The molecular formula is C13H17N3O2S2. The van der Waals surface area contributed by atoms with Crippen LogP contribution >= 0.6 is 22.7 Å². The van der Waals surface area contributed by atoms with E-state index in [4.69, 9.17) is 4.74 Å². The molecule has 0 spiro atoms. The van der Waals surface area contributed by atoms with Crippen LogP contribution < -0.4 is 5.32 Å². The minimum Gasteiger partial charge on any atom is -0.461 e. The fourth-order valence-corrected chi connectivity index (χ4v) is 3.59. The summed E-state index contributed by atoms with van der Waals surface area (Å²) in [7, 11) is 0. The van der Waals surface area contributed by atoms with Crippen molar-refractivity contribution in [2.24, 2.45) is 0 Å². The van der Waals surface area contributed by atoms with Crippen LogP contribution in [-0.4, -0.2) is 22.5 Å². The van der Waals surface area contributed by atoms with Crippen molar-refractivity contribution in [3.8, 4) is 0 Å². The topological polar surface area (TPSA) is 64.1 Å². The fourth-order valence-electron chi connectivity index (χ4n) is 1.90. The molecule has 0 saturated carbocycles. The van der Waals surface area contributed by atoms with Crippen molar-refractivity contribution in [2.75, 3.05) is 11.9 Å². The Morgan fingerprint density at radius 3 is 2.85 bits per heavy atom. The summed E-state index contributed by atoms with van der Waals surface area (Å²) >= 11 is 3.06. The summed E-state index contributed by atoms with van der Waals surface area (Å²) < 4.78 is 5.00. The number of aromatic nitrogens is 2. The highest BCUT2D eigenvalue weighted by molar-refractivity contribution is 7.14. The first-order chi connectivity index (χ1) is 9.52. The molecule has 108 valence electrons. The van der Waals surface area contributed by atoms with Crippen molar-refractivity contribution in [1.29, 1.82) is 0 Å². The SMILES string of the molecule is CCOC(=O)c1ncsc1NC(C)c1sc(C)nc1C. The predicted octanol–water partition coefficient (Wildman–Crippen LogP) is 3.57. The Morgan fingerprint density at radius 2 is 2.25 bits per heavy atom. The van der Waals surface area contributed by atoms with Crippen LogP contribution in [0.15, 0.2) is 5.51 Å². The molecule has 2 aromatic rings. The lowest BCUT2D eigenvalue weighted by atomic mass is 10.2. The maximum atomic E-state index is 11.8. The van der Waals surface area contributed by atoms with Crippen molar-refractivity contribution >= 4 is 33.6 Å². The highest BCUT2D eigenvalue weighted by Crippen LogP contribution is 2.30. The van der Waals surface area contributed by atoms with Crippen molar-refractivity contribution in [2.45, 2.75) is 33.7 Å². The fraction of sp³-hybridized carbons (Fsp3) is 0.462. The average molecular weight is 311 g/mol. The Morgan fingerprint density at radius 1 is 1.50 bits per heavy atom. The van der Waals surface area contributed by atoms with Crippen molar-refractivity contribution in [3.05, 3.63) is 26.8 Å². The summed E-state index contributed by atoms with van der Waals surface area (Å²) in [5.74, 6) is -0.388. The third kappa shape index (κ3) is 3.16. The second-order valence-electron chi connectivity index (χ2n) is 4.30. The van der Waals surface area contributed by atoms with E-state index < -0.39 is 0 Å². The van der Waals surface area contributed by atoms with Crippen LogP contribution in [0.3, 0.4) is 0 Å². The highest BCUT2D eigenvalue weighted by Gasteiger charge is 2.20. The van der Waals surface area contributed by atoms with Crippen LogP contribution in [-0.2, 0) is 4.74 Å². The number of esters is 1. The molecule has 0 saturated heterocycles. The first kappa shape index (κ1) is 14.9. The van der Waals surface area contributed by atoms with Gasteiger partial charge in [0.1, 0.15) is 5.00 Å². The second kappa shape index (κ2) is 6.32. The first-order valence-corrected chi connectivity index (χ1v) is 8.03. The molecule has 2 rings (SSSR count). The van der Waals surface area contributed by atoms with E-state index in [0.29, 0.717) is 12.3 Å². The van der Waals surface area contributed by atoms with Gasteiger partial charge in [0.15, 0.2) is 5.69 Å². The van der Waals surface area contributed by atoms with Crippen LogP contribution in [0, 0.1) is 13.8 Å². The maximum absolute atomic E-state index is 11.8. The number of ether oxygens (including phenoxy) is 1. The van der Waals surface area contributed by atoms with Gasteiger partial charge in [0, 0.05) is 4.88 Å².